The van der Waals surface area contributed by atoms with Crippen LogP contribution in [0.4, 0.5) is 4.39 Å². The number of fused-ring (bicyclic) bond motifs is 1. The molecule has 2 heterocycles. The van der Waals surface area contributed by atoms with E-state index < -0.39 is 0 Å². The second-order valence-corrected chi connectivity index (χ2v) is 5.49. The van der Waals surface area contributed by atoms with Crippen LogP contribution in [0.2, 0.25) is 0 Å². The van der Waals surface area contributed by atoms with Crippen molar-refractivity contribution in [2.45, 2.75) is 17.5 Å². The molecule has 0 aliphatic heterocycles. The second-order valence-electron chi connectivity index (χ2n) is 4.54. The Morgan fingerprint density at radius 1 is 1.33 bits per heavy atom. The van der Waals surface area contributed by atoms with E-state index in [2.05, 4.69) is 15.2 Å². The van der Waals surface area contributed by atoms with E-state index in [-0.39, 0.29) is 12.4 Å². The van der Waals surface area contributed by atoms with Crippen molar-refractivity contribution in [3.8, 4) is 0 Å². The number of aromatic nitrogens is 4. The largest absolute Gasteiger partial charge is 0.388 e. The fraction of sp³-hybridized carbons (Fsp3) is 0.214. The van der Waals surface area contributed by atoms with Gasteiger partial charge in [-0.05, 0) is 23.8 Å². The van der Waals surface area contributed by atoms with Gasteiger partial charge in [-0.15, -0.1) is 10.2 Å². The molecule has 0 aliphatic rings. The molecule has 0 saturated heterocycles. The van der Waals surface area contributed by atoms with E-state index in [0.717, 1.165) is 16.5 Å². The summed E-state index contributed by atoms with van der Waals surface area (Å²) in [6, 6.07) is 6.59. The number of pyridine rings is 1. The second kappa shape index (κ2) is 5.79. The van der Waals surface area contributed by atoms with Crippen molar-refractivity contribution >= 4 is 22.7 Å². The summed E-state index contributed by atoms with van der Waals surface area (Å²) in [4.78, 5) is 4.32. The molecule has 0 spiro atoms. The van der Waals surface area contributed by atoms with E-state index in [1.807, 2.05) is 6.07 Å². The van der Waals surface area contributed by atoms with E-state index >= 15 is 0 Å². The zero-order valence-electron chi connectivity index (χ0n) is 11.3. The molecule has 7 heteroatoms. The van der Waals surface area contributed by atoms with Crippen LogP contribution in [0.15, 0.2) is 35.6 Å². The number of hydrogen-bond acceptors (Lipinski definition) is 5. The number of thioether (sulfide) groups is 1. The molecule has 0 atom stereocenters. The van der Waals surface area contributed by atoms with E-state index in [1.165, 1.54) is 23.9 Å². The summed E-state index contributed by atoms with van der Waals surface area (Å²) < 4.78 is 15.4. The summed E-state index contributed by atoms with van der Waals surface area (Å²) in [7, 11) is 1.79. The highest BCUT2D eigenvalue weighted by atomic mass is 32.2. The average molecular weight is 304 g/mol. The fourth-order valence-electron chi connectivity index (χ4n) is 2.09. The van der Waals surface area contributed by atoms with Crippen molar-refractivity contribution in [1.29, 1.82) is 0 Å². The van der Waals surface area contributed by atoms with Crippen molar-refractivity contribution in [3.05, 3.63) is 47.7 Å². The third-order valence-electron chi connectivity index (χ3n) is 3.17. The monoisotopic (exact) mass is 304 g/mol. The lowest BCUT2D eigenvalue weighted by molar-refractivity contribution is 0.266. The molecule has 0 saturated carbocycles. The topological polar surface area (TPSA) is 63.8 Å². The van der Waals surface area contributed by atoms with Gasteiger partial charge in [0.2, 0.25) is 0 Å². The van der Waals surface area contributed by atoms with E-state index in [0.29, 0.717) is 16.7 Å². The maximum Gasteiger partial charge on any atom is 0.191 e. The third kappa shape index (κ3) is 2.74. The molecular weight excluding hydrogens is 291 g/mol. The van der Waals surface area contributed by atoms with Gasteiger partial charge in [0.25, 0.3) is 0 Å². The van der Waals surface area contributed by atoms with Gasteiger partial charge in [0.1, 0.15) is 12.4 Å². The zero-order valence-corrected chi connectivity index (χ0v) is 12.1. The lowest BCUT2D eigenvalue weighted by Gasteiger charge is -2.06. The first-order chi connectivity index (χ1) is 10.2. The number of aliphatic hydroxyl groups is 1. The van der Waals surface area contributed by atoms with Crippen LogP contribution in [0, 0.1) is 5.82 Å². The quantitative estimate of drug-likeness (QED) is 0.749. The van der Waals surface area contributed by atoms with Crippen molar-refractivity contribution < 1.29 is 9.50 Å². The highest BCUT2D eigenvalue weighted by Crippen LogP contribution is 2.26. The number of rotatable bonds is 4. The summed E-state index contributed by atoms with van der Waals surface area (Å²) in [5.41, 5.74) is 1.60. The van der Waals surface area contributed by atoms with Crippen molar-refractivity contribution in [2.24, 2.45) is 7.05 Å². The molecule has 108 valence electrons. The van der Waals surface area contributed by atoms with Crippen LogP contribution in [-0.2, 0) is 19.4 Å². The first-order valence-electron chi connectivity index (χ1n) is 6.34. The summed E-state index contributed by atoms with van der Waals surface area (Å²) in [6.45, 7) is -0.158. The van der Waals surface area contributed by atoms with Crippen molar-refractivity contribution in [3.63, 3.8) is 0 Å². The average Bonchev–Trinajstić information content (AvgIpc) is 2.85. The van der Waals surface area contributed by atoms with Gasteiger partial charge >= 0.3 is 0 Å². The van der Waals surface area contributed by atoms with Gasteiger partial charge < -0.3 is 9.67 Å². The molecule has 0 bridgehead atoms. The summed E-state index contributed by atoms with van der Waals surface area (Å²) >= 11 is 1.43. The lowest BCUT2D eigenvalue weighted by Crippen LogP contribution is -1.98. The summed E-state index contributed by atoms with van der Waals surface area (Å²) in [5, 5.41) is 18.4. The predicted molar refractivity (Wildman–Crippen MR) is 78.2 cm³/mol. The first-order valence-corrected chi connectivity index (χ1v) is 7.32. The maximum absolute atomic E-state index is 13.7. The molecule has 3 aromatic rings. The van der Waals surface area contributed by atoms with Crippen LogP contribution in [0.1, 0.15) is 11.4 Å². The van der Waals surface area contributed by atoms with Gasteiger partial charge in [-0.2, -0.15) is 0 Å². The number of nitrogens with zero attached hydrogens (tertiary/aromatic N) is 4. The highest BCUT2D eigenvalue weighted by molar-refractivity contribution is 7.98. The first kappa shape index (κ1) is 14.0. The molecule has 0 unspecified atom stereocenters. The standard InChI is InChI=1S/C14H13FN4OS/c1-19-12(7-20)17-18-14(19)21-8-10-6-11(15)5-9-3-2-4-16-13(9)10/h2-6,20H,7-8H2,1H3. The maximum atomic E-state index is 13.7. The van der Waals surface area contributed by atoms with Crippen LogP contribution in [0.3, 0.4) is 0 Å². The van der Waals surface area contributed by atoms with Crippen LogP contribution >= 0.6 is 11.8 Å². The minimum absolute atomic E-state index is 0.158. The Kier molecular flexibility index (Phi) is 3.85. The molecule has 1 N–H and O–H groups in total. The Morgan fingerprint density at radius 3 is 2.95 bits per heavy atom. The minimum atomic E-state index is -0.278. The van der Waals surface area contributed by atoms with Gasteiger partial charge in [-0.1, -0.05) is 17.8 Å². The molecular formula is C14H13FN4OS. The van der Waals surface area contributed by atoms with Crippen LogP contribution < -0.4 is 0 Å². The Morgan fingerprint density at radius 2 is 2.19 bits per heavy atom. The van der Waals surface area contributed by atoms with Gasteiger partial charge in [-0.3, -0.25) is 4.98 Å². The molecule has 0 fully saturated rings. The molecule has 0 aliphatic carbocycles. The van der Waals surface area contributed by atoms with E-state index in [4.69, 9.17) is 5.11 Å². The van der Waals surface area contributed by atoms with E-state index in [9.17, 15) is 4.39 Å². The van der Waals surface area contributed by atoms with Crippen LogP contribution in [-0.4, -0.2) is 24.9 Å². The number of benzene rings is 1. The van der Waals surface area contributed by atoms with Crippen molar-refractivity contribution in [1.82, 2.24) is 19.7 Å². The summed E-state index contributed by atoms with van der Waals surface area (Å²) in [5.74, 6) is 0.753. The van der Waals surface area contributed by atoms with Crippen LogP contribution in [0.5, 0.6) is 0 Å². The molecule has 21 heavy (non-hydrogen) atoms. The zero-order chi connectivity index (χ0) is 14.8. The fourth-order valence-corrected chi connectivity index (χ4v) is 2.99. The number of hydrogen-bond donors (Lipinski definition) is 1. The molecule has 2 aromatic heterocycles. The van der Waals surface area contributed by atoms with Gasteiger partial charge in [-0.25, -0.2) is 4.39 Å². The normalized spacial score (nSPS) is 11.2. The summed E-state index contributed by atoms with van der Waals surface area (Å²) in [6.07, 6.45) is 1.70. The Balaban J connectivity index is 1.89. The SMILES string of the molecule is Cn1c(CO)nnc1SCc1cc(F)cc2cccnc12. The molecule has 3 rings (SSSR count). The smallest absolute Gasteiger partial charge is 0.191 e. The van der Waals surface area contributed by atoms with Gasteiger partial charge in [0.05, 0.1) is 5.52 Å². The van der Waals surface area contributed by atoms with Gasteiger partial charge in [0.15, 0.2) is 11.0 Å². The molecule has 5 nitrogen and oxygen atoms in total. The molecule has 0 radical (unpaired) electrons. The van der Waals surface area contributed by atoms with Crippen LogP contribution in [0.25, 0.3) is 10.9 Å². The van der Waals surface area contributed by atoms with Crippen molar-refractivity contribution in [2.75, 3.05) is 0 Å². The Hall–Kier alpha value is -1.99. The highest BCUT2D eigenvalue weighted by Gasteiger charge is 2.11. The Bertz CT molecular complexity index is 790. The predicted octanol–water partition coefficient (Wildman–Crippen LogP) is 2.29. The van der Waals surface area contributed by atoms with E-state index in [1.54, 1.807) is 23.9 Å². The van der Waals surface area contributed by atoms with Gasteiger partial charge in [0, 0.05) is 24.4 Å². The lowest BCUT2D eigenvalue weighted by atomic mass is 10.1. The number of aliphatic hydroxyl groups excluding tert-OH is 1. The molecule has 1 aromatic carbocycles. The Labute approximate surface area is 124 Å². The number of halogens is 1. The molecule has 0 amide bonds. The minimum Gasteiger partial charge on any atom is -0.388 e. The third-order valence-corrected chi connectivity index (χ3v) is 4.24.